The van der Waals surface area contributed by atoms with Gasteiger partial charge in [-0.15, -0.1) is 0 Å². The van der Waals surface area contributed by atoms with Gasteiger partial charge in [0.05, 0.1) is 6.61 Å². The van der Waals surface area contributed by atoms with E-state index in [1.807, 2.05) is 0 Å². The van der Waals surface area contributed by atoms with Crippen LogP contribution in [-0.4, -0.2) is 19.8 Å². The highest BCUT2D eigenvalue weighted by molar-refractivity contribution is 5.37. The molecule has 0 aliphatic carbocycles. The summed E-state index contributed by atoms with van der Waals surface area (Å²) in [5, 5.41) is 3.35. The van der Waals surface area contributed by atoms with E-state index < -0.39 is 0 Å². The van der Waals surface area contributed by atoms with Gasteiger partial charge in [-0.3, -0.25) is 0 Å². The average molecular weight is 233 g/mol. The van der Waals surface area contributed by atoms with E-state index >= 15 is 0 Å². The molecular formula is C14H19NO2. The van der Waals surface area contributed by atoms with Crippen LogP contribution in [0.15, 0.2) is 18.2 Å². The van der Waals surface area contributed by atoms with E-state index in [-0.39, 0.29) is 0 Å². The van der Waals surface area contributed by atoms with Crippen LogP contribution < -0.4 is 10.1 Å². The van der Waals surface area contributed by atoms with E-state index in [1.165, 1.54) is 11.1 Å². The third-order valence-electron chi connectivity index (χ3n) is 3.64. The Balaban J connectivity index is 1.57. The van der Waals surface area contributed by atoms with Crippen molar-refractivity contribution in [2.75, 3.05) is 19.8 Å². The second-order valence-electron chi connectivity index (χ2n) is 4.90. The highest BCUT2D eigenvalue weighted by Gasteiger charge is 2.15. The number of nitrogens with one attached hydrogen (secondary N) is 1. The molecule has 1 aromatic rings. The van der Waals surface area contributed by atoms with Crippen LogP contribution in [0.2, 0.25) is 0 Å². The molecule has 0 radical (unpaired) electrons. The van der Waals surface area contributed by atoms with Crippen molar-refractivity contribution in [3.8, 4) is 5.75 Å². The van der Waals surface area contributed by atoms with E-state index in [9.17, 15) is 0 Å². The minimum Gasteiger partial charge on any atom is -0.493 e. The van der Waals surface area contributed by atoms with Crippen LogP contribution in [0, 0.1) is 5.92 Å². The van der Waals surface area contributed by atoms with E-state index in [2.05, 4.69) is 23.5 Å². The molecule has 3 heteroatoms. The molecule has 2 heterocycles. The van der Waals surface area contributed by atoms with Crippen molar-refractivity contribution in [3.05, 3.63) is 29.3 Å². The summed E-state index contributed by atoms with van der Waals surface area (Å²) in [6.07, 6.45) is 2.26. The molecule has 0 saturated carbocycles. The quantitative estimate of drug-likeness (QED) is 0.867. The van der Waals surface area contributed by atoms with Gasteiger partial charge in [0.1, 0.15) is 5.75 Å². The number of fused-ring (bicyclic) bond motifs is 1. The normalized spacial score (nSPS) is 20.2. The first-order chi connectivity index (χ1) is 8.42. The topological polar surface area (TPSA) is 30.5 Å². The molecule has 0 atom stereocenters. The Kier molecular flexibility index (Phi) is 3.29. The molecule has 1 fully saturated rings. The predicted octanol–water partition coefficient (Wildman–Crippen LogP) is 2.10. The first kappa shape index (κ1) is 11.1. The van der Waals surface area contributed by atoms with Gasteiger partial charge in [-0.1, -0.05) is 6.07 Å². The van der Waals surface area contributed by atoms with Crippen molar-refractivity contribution in [1.29, 1.82) is 0 Å². The standard InChI is InChI=1S/C14H19NO2/c1-2-14(7-13-9-15-8-12(1)13)17-10-11-3-5-16-6-4-11/h1-2,7,11,15H,3-6,8-10H2. The van der Waals surface area contributed by atoms with Crippen molar-refractivity contribution in [3.63, 3.8) is 0 Å². The van der Waals surface area contributed by atoms with Gasteiger partial charge in [-0.05, 0) is 42.0 Å². The summed E-state index contributed by atoms with van der Waals surface area (Å²) in [7, 11) is 0. The second kappa shape index (κ2) is 5.07. The summed E-state index contributed by atoms with van der Waals surface area (Å²) >= 11 is 0. The highest BCUT2D eigenvalue weighted by Crippen LogP contribution is 2.23. The fourth-order valence-electron chi connectivity index (χ4n) is 2.49. The number of ether oxygens (including phenoxy) is 2. The Morgan fingerprint density at radius 1 is 1.18 bits per heavy atom. The Labute approximate surface area is 102 Å². The van der Waals surface area contributed by atoms with Crippen molar-refractivity contribution < 1.29 is 9.47 Å². The van der Waals surface area contributed by atoms with Crippen molar-refractivity contribution >= 4 is 0 Å². The number of benzene rings is 1. The SMILES string of the molecule is c1cc2c(cc1OCC1CCOCC1)CNC2. The first-order valence-electron chi connectivity index (χ1n) is 6.45. The molecule has 3 nitrogen and oxygen atoms in total. The maximum absolute atomic E-state index is 5.89. The lowest BCUT2D eigenvalue weighted by Crippen LogP contribution is -2.21. The average Bonchev–Trinajstić information content (AvgIpc) is 2.85. The van der Waals surface area contributed by atoms with Gasteiger partial charge in [0.2, 0.25) is 0 Å². The first-order valence-corrected chi connectivity index (χ1v) is 6.45. The molecule has 2 aliphatic rings. The molecule has 3 rings (SSSR count). The third kappa shape index (κ3) is 2.61. The molecule has 0 bridgehead atoms. The lowest BCUT2D eigenvalue weighted by molar-refractivity contribution is 0.0497. The molecule has 1 N–H and O–H groups in total. The van der Waals surface area contributed by atoms with E-state index in [0.29, 0.717) is 5.92 Å². The summed E-state index contributed by atoms with van der Waals surface area (Å²) in [6, 6.07) is 6.44. The Morgan fingerprint density at radius 3 is 2.88 bits per heavy atom. The van der Waals surface area contributed by atoms with Gasteiger partial charge in [-0.2, -0.15) is 0 Å². The summed E-state index contributed by atoms with van der Waals surface area (Å²) in [5.74, 6) is 1.68. The molecule has 0 spiro atoms. The maximum atomic E-state index is 5.89. The second-order valence-corrected chi connectivity index (χ2v) is 4.90. The predicted molar refractivity (Wildman–Crippen MR) is 66.0 cm³/mol. The summed E-state index contributed by atoms with van der Waals surface area (Å²) in [6.45, 7) is 4.58. The zero-order chi connectivity index (χ0) is 11.5. The number of hydrogen-bond acceptors (Lipinski definition) is 3. The van der Waals surface area contributed by atoms with E-state index in [1.54, 1.807) is 0 Å². The minimum absolute atomic E-state index is 0.662. The van der Waals surface area contributed by atoms with Gasteiger partial charge < -0.3 is 14.8 Å². The van der Waals surface area contributed by atoms with Gasteiger partial charge in [0.15, 0.2) is 0 Å². The molecule has 1 aromatic carbocycles. The molecule has 0 amide bonds. The van der Waals surface area contributed by atoms with E-state index in [0.717, 1.165) is 51.5 Å². The number of hydrogen-bond donors (Lipinski definition) is 1. The summed E-state index contributed by atoms with van der Waals surface area (Å²) < 4.78 is 11.2. The van der Waals surface area contributed by atoms with Crippen LogP contribution in [0.25, 0.3) is 0 Å². The largest absolute Gasteiger partial charge is 0.493 e. The molecule has 92 valence electrons. The van der Waals surface area contributed by atoms with Crippen molar-refractivity contribution in [2.24, 2.45) is 5.92 Å². The Hall–Kier alpha value is -1.06. The van der Waals surface area contributed by atoms with Crippen LogP contribution in [0.5, 0.6) is 5.75 Å². The molecule has 1 saturated heterocycles. The molecule has 2 aliphatic heterocycles. The van der Waals surface area contributed by atoms with Crippen LogP contribution in [0.1, 0.15) is 24.0 Å². The van der Waals surface area contributed by atoms with Crippen LogP contribution in [0.4, 0.5) is 0 Å². The Morgan fingerprint density at radius 2 is 2.00 bits per heavy atom. The lowest BCUT2D eigenvalue weighted by atomic mass is 10.0. The molecular weight excluding hydrogens is 214 g/mol. The number of rotatable bonds is 3. The van der Waals surface area contributed by atoms with Crippen LogP contribution in [-0.2, 0) is 17.8 Å². The summed E-state index contributed by atoms with van der Waals surface area (Å²) in [5.41, 5.74) is 2.79. The van der Waals surface area contributed by atoms with Crippen LogP contribution >= 0.6 is 0 Å². The lowest BCUT2D eigenvalue weighted by Gasteiger charge is -2.22. The maximum Gasteiger partial charge on any atom is 0.119 e. The third-order valence-corrected chi connectivity index (χ3v) is 3.64. The minimum atomic E-state index is 0.662. The fraction of sp³-hybridized carbons (Fsp3) is 0.571. The molecule has 0 unspecified atom stereocenters. The Bertz CT molecular complexity index is 386. The van der Waals surface area contributed by atoms with Crippen LogP contribution in [0.3, 0.4) is 0 Å². The van der Waals surface area contributed by atoms with Gasteiger partial charge in [0, 0.05) is 26.3 Å². The van der Waals surface area contributed by atoms with Crippen molar-refractivity contribution in [1.82, 2.24) is 5.32 Å². The monoisotopic (exact) mass is 233 g/mol. The summed E-state index contributed by atoms with van der Waals surface area (Å²) in [4.78, 5) is 0. The fourth-order valence-corrected chi connectivity index (χ4v) is 2.49. The highest BCUT2D eigenvalue weighted by atomic mass is 16.5. The zero-order valence-corrected chi connectivity index (χ0v) is 10.1. The van der Waals surface area contributed by atoms with Gasteiger partial charge >= 0.3 is 0 Å². The van der Waals surface area contributed by atoms with Crippen molar-refractivity contribution in [2.45, 2.75) is 25.9 Å². The van der Waals surface area contributed by atoms with Gasteiger partial charge in [0.25, 0.3) is 0 Å². The van der Waals surface area contributed by atoms with Gasteiger partial charge in [-0.25, -0.2) is 0 Å². The molecule has 17 heavy (non-hydrogen) atoms. The smallest absolute Gasteiger partial charge is 0.119 e. The molecule has 0 aromatic heterocycles. The van der Waals surface area contributed by atoms with E-state index in [4.69, 9.17) is 9.47 Å². The zero-order valence-electron chi connectivity index (χ0n) is 10.1.